The number of benzene rings is 1. The van der Waals surface area contributed by atoms with Crippen molar-refractivity contribution >= 4 is 23.5 Å². The van der Waals surface area contributed by atoms with E-state index in [0.717, 1.165) is 0 Å². The molecule has 114 valence electrons. The summed E-state index contributed by atoms with van der Waals surface area (Å²) in [5.41, 5.74) is -0.987. The van der Waals surface area contributed by atoms with E-state index in [1.54, 1.807) is 25.1 Å². The van der Waals surface area contributed by atoms with Crippen molar-refractivity contribution < 1.29 is 19.4 Å². The smallest absolute Gasteiger partial charge is 0.328 e. The molecule has 1 aromatic rings. The van der Waals surface area contributed by atoms with Gasteiger partial charge in [-0.15, -0.1) is 0 Å². The van der Waals surface area contributed by atoms with Crippen molar-refractivity contribution in [2.75, 3.05) is 6.61 Å². The van der Waals surface area contributed by atoms with E-state index in [1.807, 2.05) is 6.92 Å². The van der Waals surface area contributed by atoms with Crippen molar-refractivity contribution in [1.82, 2.24) is 0 Å². The number of carbonyl (C=O) groups excluding carboxylic acids is 1. The van der Waals surface area contributed by atoms with Crippen LogP contribution in [0.2, 0.25) is 5.02 Å². The van der Waals surface area contributed by atoms with Gasteiger partial charge in [-0.05, 0) is 31.4 Å². The standard InChI is InChI=1S/C16H19ClO4/c1-4-11(3)10-16(14(18)19,15(20)21-5-2)12-8-6-7-9-13(12)17/h6-9H,3-5,10H2,1-2H3,(H,18,19). The first kappa shape index (κ1) is 17.2. The Balaban J connectivity index is 3.51. The average Bonchev–Trinajstić information content (AvgIpc) is 2.45. The number of allylic oxidation sites excluding steroid dienone is 1. The Morgan fingerprint density at radius 2 is 1.95 bits per heavy atom. The molecule has 0 heterocycles. The number of carboxylic acids is 1. The molecule has 0 spiro atoms. The highest BCUT2D eigenvalue weighted by Crippen LogP contribution is 2.37. The Kier molecular flexibility index (Phi) is 5.97. The number of ether oxygens (including phenoxy) is 1. The van der Waals surface area contributed by atoms with Gasteiger partial charge >= 0.3 is 11.9 Å². The molecule has 0 bridgehead atoms. The molecule has 1 atom stereocenters. The molecule has 0 saturated heterocycles. The molecule has 0 fully saturated rings. The summed E-state index contributed by atoms with van der Waals surface area (Å²) in [5.74, 6) is -2.11. The Morgan fingerprint density at radius 3 is 2.43 bits per heavy atom. The lowest BCUT2D eigenvalue weighted by Crippen LogP contribution is -2.45. The molecule has 5 heteroatoms. The maximum Gasteiger partial charge on any atom is 0.328 e. The Morgan fingerprint density at radius 1 is 1.33 bits per heavy atom. The second-order valence-corrected chi connectivity index (χ2v) is 5.10. The van der Waals surface area contributed by atoms with Crippen LogP contribution >= 0.6 is 11.6 Å². The maximum absolute atomic E-state index is 12.4. The van der Waals surface area contributed by atoms with Crippen LogP contribution in [0.3, 0.4) is 0 Å². The van der Waals surface area contributed by atoms with Gasteiger partial charge in [-0.1, -0.05) is 48.9 Å². The van der Waals surface area contributed by atoms with Crippen LogP contribution in [-0.4, -0.2) is 23.7 Å². The molecule has 0 radical (unpaired) electrons. The molecule has 0 amide bonds. The Bertz CT molecular complexity index is 553. The number of rotatable bonds is 7. The van der Waals surface area contributed by atoms with Gasteiger partial charge in [0.15, 0.2) is 5.41 Å². The fraction of sp³-hybridized carbons (Fsp3) is 0.375. The third-order valence-electron chi connectivity index (χ3n) is 3.34. The van der Waals surface area contributed by atoms with Crippen LogP contribution < -0.4 is 0 Å². The van der Waals surface area contributed by atoms with Crippen LogP contribution in [0.25, 0.3) is 0 Å². The monoisotopic (exact) mass is 310 g/mol. The van der Waals surface area contributed by atoms with E-state index in [2.05, 4.69) is 6.58 Å². The summed E-state index contributed by atoms with van der Waals surface area (Å²) < 4.78 is 5.00. The molecule has 0 saturated carbocycles. The predicted octanol–water partition coefficient (Wildman–Crippen LogP) is 3.58. The van der Waals surface area contributed by atoms with E-state index >= 15 is 0 Å². The average molecular weight is 311 g/mol. The number of aliphatic carboxylic acids is 1. The molecular formula is C16H19ClO4. The third kappa shape index (κ3) is 3.45. The summed E-state index contributed by atoms with van der Waals surface area (Å²) in [5, 5.41) is 9.96. The minimum atomic E-state index is -1.86. The van der Waals surface area contributed by atoms with Crippen LogP contribution in [0.1, 0.15) is 32.3 Å². The quantitative estimate of drug-likeness (QED) is 0.475. The van der Waals surface area contributed by atoms with Crippen LogP contribution in [0.15, 0.2) is 36.4 Å². The summed E-state index contributed by atoms with van der Waals surface area (Å²) in [6.45, 7) is 7.40. The highest BCUT2D eigenvalue weighted by Gasteiger charge is 2.50. The minimum absolute atomic E-state index is 0.0403. The van der Waals surface area contributed by atoms with E-state index in [4.69, 9.17) is 16.3 Å². The zero-order chi connectivity index (χ0) is 16.0. The van der Waals surface area contributed by atoms with Gasteiger partial charge in [-0.3, -0.25) is 9.59 Å². The summed E-state index contributed by atoms with van der Waals surface area (Å²) in [4.78, 5) is 24.3. The molecule has 1 aromatic carbocycles. The van der Waals surface area contributed by atoms with Crippen LogP contribution in [-0.2, 0) is 19.7 Å². The molecule has 0 aliphatic rings. The lowest BCUT2D eigenvalue weighted by atomic mass is 9.75. The van der Waals surface area contributed by atoms with Gasteiger partial charge in [0, 0.05) is 5.02 Å². The number of hydrogen-bond acceptors (Lipinski definition) is 3. The van der Waals surface area contributed by atoms with Gasteiger partial charge in [0.1, 0.15) is 0 Å². The highest BCUT2D eigenvalue weighted by molar-refractivity contribution is 6.32. The lowest BCUT2D eigenvalue weighted by molar-refractivity contribution is -0.161. The normalized spacial score (nSPS) is 13.3. The number of esters is 1. The molecule has 0 aromatic heterocycles. The van der Waals surface area contributed by atoms with Crippen LogP contribution in [0.5, 0.6) is 0 Å². The second-order valence-electron chi connectivity index (χ2n) is 4.69. The van der Waals surface area contributed by atoms with Crippen LogP contribution in [0, 0.1) is 0 Å². The van der Waals surface area contributed by atoms with Crippen molar-refractivity contribution in [3.63, 3.8) is 0 Å². The molecule has 0 aliphatic heterocycles. The fourth-order valence-electron chi connectivity index (χ4n) is 2.12. The SMILES string of the molecule is C=C(CC)CC(C(=O)O)(C(=O)OCC)c1ccccc1Cl. The zero-order valence-electron chi connectivity index (χ0n) is 12.2. The number of hydrogen-bond donors (Lipinski definition) is 1. The van der Waals surface area contributed by atoms with E-state index in [-0.39, 0.29) is 23.6 Å². The maximum atomic E-state index is 12.4. The Hall–Kier alpha value is -1.81. The van der Waals surface area contributed by atoms with Gasteiger partial charge in [0.2, 0.25) is 0 Å². The van der Waals surface area contributed by atoms with Gasteiger partial charge in [0.25, 0.3) is 0 Å². The molecule has 21 heavy (non-hydrogen) atoms. The summed E-state index contributed by atoms with van der Waals surface area (Å²) in [6.07, 6.45) is 0.528. The molecule has 1 N–H and O–H groups in total. The van der Waals surface area contributed by atoms with E-state index in [9.17, 15) is 14.7 Å². The van der Waals surface area contributed by atoms with E-state index in [1.165, 1.54) is 6.07 Å². The third-order valence-corrected chi connectivity index (χ3v) is 3.67. The minimum Gasteiger partial charge on any atom is -0.480 e. The second kappa shape index (κ2) is 7.27. The lowest BCUT2D eigenvalue weighted by Gasteiger charge is -2.29. The largest absolute Gasteiger partial charge is 0.480 e. The van der Waals surface area contributed by atoms with E-state index < -0.39 is 17.4 Å². The highest BCUT2D eigenvalue weighted by atomic mass is 35.5. The van der Waals surface area contributed by atoms with Crippen molar-refractivity contribution in [2.45, 2.75) is 32.1 Å². The molecule has 1 unspecified atom stereocenters. The Labute approximate surface area is 129 Å². The van der Waals surface area contributed by atoms with E-state index in [0.29, 0.717) is 12.0 Å². The summed E-state index contributed by atoms with van der Waals surface area (Å²) in [6, 6.07) is 6.42. The van der Waals surface area contributed by atoms with Gasteiger partial charge in [-0.2, -0.15) is 0 Å². The van der Waals surface area contributed by atoms with Gasteiger partial charge < -0.3 is 9.84 Å². The first-order valence-electron chi connectivity index (χ1n) is 6.72. The number of carbonyl (C=O) groups is 2. The molecular weight excluding hydrogens is 292 g/mol. The van der Waals surface area contributed by atoms with Gasteiger partial charge in [-0.25, -0.2) is 0 Å². The summed E-state index contributed by atoms with van der Waals surface area (Å²) in [7, 11) is 0. The molecule has 4 nitrogen and oxygen atoms in total. The first-order valence-corrected chi connectivity index (χ1v) is 7.10. The van der Waals surface area contributed by atoms with Crippen molar-refractivity contribution in [3.8, 4) is 0 Å². The first-order chi connectivity index (χ1) is 9.90. The van der Waals surface area contributed by atoms with Crippen molar-refractivity contribution in [3.05, 3.63) is 47.0 Å². The fourth-order valence-corrected chi connectivity index (χ4v) is 2.41. The van der Waals surface area contributed by atoms with Crippen molar-refractivity contribution in [2.24, 2.45) is 0 Å². The van der Waals surface area contributed by atoms with Crippen LogP contribution in [0.4, 0.5) is 0 Å². The molecule has 1 rings (SSSR count). The van der Waals surface area contributed by atoms with Crippen molar-refractivity contribution in [1.29, 1.82) is 0 Å². The number of carboxylic acid groups (broad SMARTS) is 1. The predicted molar refractivity (Wildman–Crippen MR) is 81.4 cm³/mol. The van der Waals surface area contributed by atoms with Gasteiger partial charge in [0.05, 0.1) is 6.61 Å². The summed E-state index contributed by atoms with van der Waals surface area (Å²) >= 11 is 6.12. The number of halogens is 1. The molecule has 0 aliphatic carbocycles. The zero-order valence-corrected chi connectivity index (χ0v) is 12.9. The topological polar surface area (TPSA) is 63.6 Å².